The number of carbonyl (C=O) groups is 1. The maximum atomic E-state index is 11.9. The zero-order valence-corrected chi connectivity index (χ0v) is 19.9. The minimum atomic E-state index is -0.724. The van der Waals surface area contributed by atoms with Crippen LogP contribution in [0.5, 0.6) is 0 Å². The average Bonchev–Trinajstić information content (AvgIpc) is 3.07. The number of rotatable bonds is 5. The number of ether oxygens (including phenoxy) is 1. The molecule has 0 heterocycles. The van der Waals surface area contributed by atoms with Gasteiger partial charge in [-0.05, 0) is 105 Å². The van der Waals surface area contributed by atoms with Crippen molar-refractivity contribution in [2.75, 3.05) is 6.61 Å². The number of hydrogen-bond donors (Lipinski definition) is 3. The van der Waals surface area contributed by atoms with Crippen LogP contribution in [0.1, 0.15) is 85.5 Å². The molecular weight excluding hydrogens is 392 g/mol. The van der Waals surface area contributed by atoms with E-state index < -0.39 is 6.10 Å². The lowest BCUT2D eigenvalue weighted by atomic mass is 9.43. The molecule has 3 N–H and O–H groups in total. The first-order chi connectivity index (χ1) is 14.6. The predicted molar refractivity (Wildman–Crippen MR) is 119 cm³/mol. The second-order valence-electron chi connectivity index (χ2n) is 11.8. The minimum absolute atomic E-state index is 0.0382. The topological polar surface area (TPSA) is 87.0 Å². The van der Waals surface area contributed by atoms with Crippen LogP contribution < -0.4 is 0 Å². The molecular formula is C26H44O5. The van der Waals surface area contributed by atoms with E-state index in [0.29, 0.717) is 30.3 Å². The molecule has 0 aromatic heterocycles. The van der Waals surface area contributed by atoms with Crippen LogP contribution in [-0.4, -0.2) is 46.2 Å². The first kappa shape index (κ1) is 23.5. The van der Waals surface area contributed by atoms with Crippen molar-refractivity contribution in [2.45, 2.75) is 104 Å². The Morgan fingerprint density at radius 3 is 2.52 bits per heavy atom. The summed E-state index contributed by atoms with van der Waals surface area (Å²) in [5, 5.41) is 32.6. The molecule has 31 heavy (non-hydrogen) atoms. The van der Waals surface area contributed by atoms with E-state index in [9.17, 15) is 20.1 Å². The van der Waals surface area contributed by atoms with Gasteiger partial charge in [-0.15, -0.1) is 0 Å². The van der Waals surface area contributed by atoms with Gasteiger partial charge >= 0.3 is 5.97 Å². The number of aliphatic hydroxyl groups is 3. The first-order valence-electron chi connectivity index (χ1n) is 12.8. The number of fused-ring (bicyclic) bond motifs is 5. The third-order valence-corrected chi connectivity index (χ3v) is 10.7. The van der Waals surface area contributed by atoms with Crippen molar-refractivity contribution in [3.8, 4) is 0 Å². The summed E-state index contributed by atoms with van der Waals surface area (Å²) < 4.78 is 5.05. The number of aliphatic hydroxyl groups excluding tert-OH is 3. The van der Waals surface area contributed by atoms with E-state index in [2.05, 4.69) is 20.8 Å². The van der Waals surface area contributed by atoms with Gasteiger partial charge in [-0.1, -0.05) is 20.8 Å². The molecule has 0 aromatic carbocycles. The van der Waals surface area contributed by atoms with E-state index in [4.69, 9.17) is 4.74 Å². The molecule has 5 heteroatoms. The van der Waals surface area contributed by atoms with Gasteiger partial charge in [0.2, 0.25) is 0 Å². The van der Waals surface area contributed by atoms with E-state index >= 15 is 0 Å². The molecule has 11 atom stereocenters. The lowest BCUT2D eigenvalue weighted by Crippen LogP contribution is -2.59. The summed E-state index contributed by atoms with van der Waals surface area (Å²) in [5.74, 6) is 2.06. The lowest BCUT2D eigenvalue weighted by Gasteiger charge is -2.62. The summed E-state index contributed by atoms with van der Waals surface area (Å²) >= 11 is 0. The Balaban J connectivity index is 1.53. The van der Waals surface area contributed by atoms with Gasteiger partial charge in [-0.25, -0.2) is 0 Å². The summed E-state index contributed by atoms with van der Waals surface area (Å²) in [6.07, 6.45) is 7.07. The fraction of sp³-hybridized carbons (Fsp3) is 0.962. The average molecular weight is 437 g/mol. The van der Waals surface area contributed by atoms with Gasteiger partial charge in [0.1, 0.15) is 0 Å². The molecule has 178 valence electrons. The fourth-order valence-corrected chi connectivity index (χ4v) is 8.94. The number of carbonyl (C=O) groups excluding carboxylic acids is 1. The highest BCUT2D eigenvalue weighted by atomic mass is 16.5. The van der Waals surface area contributed by atoms with Crippen LogP contribution in [0.3, 0.4) is 0 Å². The molecule has 4 fully saturated rings. The van der Waals surface area contributed by atoms with E-state index in [1.54, 1.807) is 6.92 Å². The minimum Gasteiger partial charge on any atom is -0.466 e. The van der Waals surface area contributed by atoms with Crippen LogP contribution in [0, 0.1) is 46.3 Å². The molecule has 0 bridgehead atoms. The van der Waals surface area contributed by atoms with Gasteiger partial charge in [0.05, 0.1) is 31.3 Å². The van der Waals surface area contributed by atoms with Crippen LogP contribution >= 0.6 is 0 Å². The molecule has 0 radical (unpaired) electrons. The Morgan fingerprint density at radius 2 is 1.81 bits per heavy atom. The van der Waals surface area contributed by atoms with Crippen LogP contribution in [0.15, 0.2) is 0 Å². The normalized spacial score (nSPS) is 48.8. The fourth-order valence-electron chi connectivity index (χ4n) is 8.94. The van der Waals surface area contributed by atoms with Crippen molar-refractivity contribution < 1.29 is 24.9 Å². The second kappa shape index (κ2) is 8.61. The van der Waals surface area contributed by atoms with Crippen LogP contribution in [0.4, 0.5) is 0 Å². The third kappa shape index (κ3) is 3.77. The van der Waals surface area contributed by atoms with Gasteiger partial charge in [0.25, 0.3) is 0 Å². The highest BCUT2D eigenvalue weighted by Gasteiger charge is 2.64. The van der Waals surface area contributed by atoms with Crippen molar-refractivity contribution in [3.05, 3.63) is 0 Å². The predicted octanol–water partition coefficient (Wildman–Crippen LogP) is 3.93. The third-order valence-electron chi connectivity index (χ3n) is 10.7. The molecule has 0 aromatic rings. The van der Waals surface area contributed by atoms with Crippen LogP contribution in [0.25, 0.3) is 0 Å². The van der Waals surface area contributed by atoms with Gasteiger partial charge < -0.3 is 20.1 Å². The molecule has 4 aliphatic rings. The Kier molecular flexibility index (Phi) is 6.53. The van der Waals surface area contributed by atoms with Gasteiger partial charge in [-0.3, -0.25) is 4.79 Å². The summed E-state index contributed by atoms with van der Waals surface area (Å²) in [6.45, 7) is 8.88. The maximum Gasteiger partial charge on any atom is 0.308 e. The SMILES string of the molecule is CCOC(=O)CC(O)[C@@H](C)C1CCC2C3CC[C@@H]4C[C@H](O)CC[C@]4(C)C3C[C@H](O)[C@@]21C. The van der Waals surface area contributed by atoms with Gasteiger partial charge in [-0.2, -0.15) is 0 Å². The lowest BCUT2D eigenvalue weighted by molar-refractivity contribution is -0.178. The molecule has 4 saturated carbocycles. The van der Waals surface area contributed by atoms with Crippen LogP contribution in [-0.2, 0) is 9.53 Å². The zero-order valence-electron chi connectivity index (χ0n) is 19.9. The van der Waals surface area contributed by atoms with Crippen molar-refractivity contribution in [1.82, 2.24) is 0 Å². The van der Waals surface area contributed by atoms with Crippen molar-refractivity contribution >= 4 is 5.97 Å². The van der Waals surface area contributed by atoms with Gasteiger partial charge in [0, 0.05) is 0 Å². The summed E-state index contributed by atoms with van der Waals surface area (Å²) in [5.41, 5.74) is 0.0329. The molecule has 4 aliphatic carbocycles. The van der Waals surface area contributed by atoms with Crippen molar-refractivity contribution in [2.24, 2.45) is 46.3 Å². The quantitative estimate of drug-likeness (QED) is 0.569. The Bertz CT molecular complexity index is 666. The molecule has 0 aliphatic heterocycles. The molecule has 5 nitrogen and oxygen atoms in total. The van der Waals surface area contributed by atoms with E-state index in [1.165, 1.54) is 12.8 Å². The Labute approximate surface area is 187 Å². The second-order valence-corrected chi connectivity index (χ2v) is 11.8. The molecule has 0 spiro atoms. The summed E-state index contributed by atoms with van der Waals surface area (Å²) in [7, 11) is 0. The molecule has 0 saturated heterocycles. The van der Waals surface area contributed by atoms with Crippen LogP contribution in [0.2, 0.25) is 0 Å². The Morgan fingerprint density at radius 1 is 1.06 bits per heavy atom. The number of hydrogen-bond acceptors (Lipinski definition) is 5. The maximum absolute atomic E-state index is 11.9. The summed E-state index contributed by atoms with van der Waals surface area (Å²) in [4.78, 5) is 11.9. The molecule has 5 unspecified atom stereocenters. The van der Waals surface area contributed by atoms with E-state index in [1.807, 2.05) is 0 Å². The van der Waals surface area contributed by atoms with Crippen molar-refractivity contribution in [3.63, 3.8) is 0 Å². The van der Waals surface area contributed by atoms with Crippen molar-refractivity contribution in [1.29, 1.82) is 0 Å². The summed E-state index contributed by atoms with van der Waals surface area (Å²) in [6, 6.07) is 0. The standard InChI is InChI=1S/C26H44O5/c1-5-31-24(30)14-22(28)15(2)19-8-9-20-18-7-6-16-12-17(27)10-11-25(16,3)21(18)13-23(29)26(19,20)4/h15-23,27-29H,5-14H2,1-4H3/t15-,16+,17+,18?,19?,20?,21?,22?,23-,25-,26+/m0/s1. The monoisotopic (exact) mass is 436 g/mol. The molecule has 0 amide bonds. The smallest absolute Gasteiger partial charge is 0.308 e. The molecule has 4 rings (SSSR count). The largest absolute Gasteiger partial charge is 0.466 e. The van der Waals surface area contributed by atoms with E-state index in [-0.39, 0.29) is 47.3 Å². The highest BCUT2D eigenvalue weighted by molar-refractivity contribution is 5.69. The number of esters is 1. The Hall–Kier alpha value is -0.650. The zero-order chi connectivity index (χ0) is 22.6. The van der Waals surface area contributed by atoms with E-state index in [0.717, 1.165) is 38.5 Å². The first-order valence-corrected chi connectivity index (χ1v) is 12.8. The van der Waals surface area contributed by atoms with Gasteiger partial charge in [0.15, 0.2) is 0 Å². The highest BCUT2D eigenvalue weighted by Crippen LogP contribution is 2.68.